The van der Waals surface area contributed by atoms with Crippen molar-refractivity contribution in [3.8, 4) is 22.4 Å². The number of benzene rings is 4. The Morgan fingerprint density at radius 1 is 0.662 bits per heavy atom. The average Bonchev–Trinajstić information content (AvgIpc) is 3.97. The van der Waals surface area contributed by atoms with Gasteiger partial charge in [-0.15, -0.1) is 0 Å². The second-order valence-electron chi connectivity index (χ2n) is 18.1. The highest BCUT2D eigenvalue weighted by Gasteiger charge is 2.37. The van der Waals surface area contributed by atoms with Crippen molar-refractivity contribution < 1.29 is 33.4 Å². The molecule has 0 radical (unpaired) electrons. The molecule has 5 N–H and O–H groups in total. The van der Waals surface area contributed by atoms with E-state index in [4.69, 9.17) is 14.5 Å². The van der Waals surface area contributed by atoms with E-state index in [1.165, 1.54) is 0 Å². The smallest absolute Gasteiger partial charge is 0.408 e. The minimum Gasteiger partial charge on any atom is -0.444 e. The van der Waals surface area contributed by atoms with Crippen LogP contribution in [0.4, 0.5) is 9.59 Å². The number of ether oxygens (including phenoxy) is 2. The second kappa shape index (κ2) is 21.6. The molecule has 0 unspecified atom stereocenters. The summed E-state index contributed by atoms with van der Waals surface area (Å²) in [5, 5.41) is 11.4. The molecule has 14 heteroatoms. The van der Waals surface area contributed by atoms with Crippen LogP contribution in [0.25, 0.3) is 22.4 Å². The molecule has 4 aromatic carbocycles. The maximum Gasteiger partial charge on any atom is 0.408 e. The first-order valence-electron chi connectivity index (χ1n) is 22.3. The number of hydrogen-bond acceptors (Lipinski definition) is 8. The number of likely N-dealkylation sites (tertiary alicyclic amines) is 1. The molecule has 65 heavy (non-hydrogen) atoms. The maximum atomic E-state index is 14.1. The highest BCUT2D eigenvalue weighted by molar-refractivity contribution is 5.94. The van der Waals surface area contributed by atoms with Crippen LogP contribution in [-0.2, 0) is 19.1 Å². The quantitative estimate of drug-likeness (QED) is 0.0609. The lowest BCUT2D eigenvalue weighted by molar-refractivity contribution is -0.134. The minimum atomic E-state index is -0.916. The fraction of sp³-hybridized carbons (Fsp3) is 0.373. The summed E-state index contributed by atoms with van der Waals surface area (Å²) >= 11 is 0. The van der Waals surface area contributed by atoms with E-state index < -0.39 is 35.5 Å². The largest absolute Gasteiger partial charge is 0.444 e. The van der Waals surface area contributed by atoms with Gasteiger partial charge in [0.05, 0.1) is 17.9 Å². The van der Waals surface area contributed by atoms with E-state index in [1.807, 2.05) is 97.1 Å². The molecule has 3 atom stereocenters. The summed E-state index contributed by atoms with van der Waals surface area (Å²) in [6.07, 6.45) is 4.21. The zero-order valence-electron chi connectivity index (χ0n) is 38.1. The zero-order valence-corrected chi connectivity index (χ0v) is 38.1. The van der Waals surface area contributed by atoms with Gasteiger partial charge in [0, 0.05) is 25.2 Å². The molecule has 1 aliphatic heterocycles. The van der Waals surface area contributed by atoms with Gasteiger partial charge in [0.15, 0.2) is 0 Å². The van der Waals surface area contributed by atoms with Crippen LogP contribution in [0.1, 0.15) is 119 Å². The molecule has 342 valence electrons. The number of carbonyl (C=O) groups is 5. The van der Waals surface area contributed by atoms with Crippen LogP contribution in [0, 0.1) is 0 Å². The van der Waals surface area contributed by atoms with Gasteiger partial charge in [0.1, 0.15) is 29.1 Å². The van der Waals surface area contributed by atoms with Gasteiger partial charge in [-0.05, 0) is 114 Å². The number of nitrogens with zero attached hydrogens (tertiary/aromatic N) is 2. The first kappa shape index (κ1) is 47.5. The lowest BCUT2D eigenvalue weighted by Crippen LogP contribution is -2.44. The van der Waals surface area contributed by atoms with Crippen molar-refractivity contribution >= 4 is 29.9 Å². The Bertz CT molecular complexity index is 2370. The fourth-order valence-electron chi connectivity index (χ4n) is 7.56. The summed E-state index contributed by atoms with van der Waals surface area (Å²) in [5.74, 6) is -0.0294. The van der Waals surface area contributed by atoms with Crippen LogP contribution in [0.5, 0.6) is 0 Å². The van der Waals surface area contributed by atoms with Gasteiger partial charge in [-0.1, -0.05) is 97.1 Å². The van der Waals surface area contributed by atoms with E-state index in [9.17, 15) is 24.0 Å². The fourth-order valence-corrected chi connectivity index (χ4v) is 7.56. The number of amides is 5. The molecule has 0 spiro atoms. The number of unbranched alkanes of at least 4 members (excludes halogenated alkanes) is 2. The molecule has 1 aromatic heterocycles. The molecule has 0 saturated carbocycles. The molecule has 1 fully saturated rings. The first-order chi connectivity index (χ1) is 31.0. The molecular weight excluding hydrogens is 823 g/mol. The first-order valence-corrected chi connectivity index (χ1v) is 22.3. The van der Waals surface area contributed by atoms with Crippen LogP contribution < -0.4 is 21.3 Å². The van der Waals surface area contributed by atoms with Gasteiger partial charge in [-0.3, -0.25) is 14.4 Å². The van der Waals surface area contributed by atoms with E-state index in [2.05, 4.69) is 26.3 Å². The predicted molar refractivity (Wildman–Crippen MR) is 249 cm³/mol. The molecule has 6 rings (SSSR count). The third-order valence-electron chi connectivity index (χ3n) is 10.7. The van der Waals surface area contributed by atoms with E-state index in [-0.39, 0.29) is 23.8 Å². The predicted octanol–water partition coefficient (Wildman–Crippen LogP) is 8.96. The molecular formula is C51H61N7O7. The van der Waals surface area contributed by atoms with E-state index in [1.54, 1.807) is 64.8 Å². The highest BCUT2D eigenvalue weighted by Crippen LogP contribution is 2.34. The molecule has 2 heterocycles. The Balaban J connectivity index is 0.963. The van der Waals surface area contributed by atoms with Crippen molar-refractivity contribution in [2.24, 2.45) is 0 Å². The van der Waals surface area contributed by atoms with Gasteiger partial charge in [0.25, 0.3) is 11.8 Å². The summed E-state index contributed by atoms with van der Waals surface area (Å²) in [6, 6.07) is 31.6. The van der Waals surface area contributed by atoms with Crippen molar-refractivity contribution in [3.05, 3.63) is 138 Å². The van der Waals surface area contributed by atoms with Crippen molar-refractivity contribution in [2.45, 2.75) is 103 Å². The highest BCUT2D eigenvalue weighted by atomic mass is 16.6. The molecule has 5 aromatic rings. The normalized spacial score (nSPS) is 14.7. The third-order valence-corrected chi connectivity index (χ3v) is 10.7. The molecule has 14 nitrogen and oxygen atoms in total. The summed E-state index contributed by atoms with van der Waals surface area (Å²) in [7, 11) is 0. The summed E-state index contributed by atoms with van der Waals surface area (Å²) in [4.78, 5) is 75.3. The Morgan fingerprint density at radius 2 is 1.17 bits per heavy atom. The number of aromatic nitrogens is 2. The number of nitrogens with one attached hydrogen (secondary N) is 5. The van der Waals surface area contributed by atoms with Gasteiger partial charge < -0.3 is 40.6 Å². The number of imidazole rings is 1. The summed E-state index contributed by atoms with van der Waals surface area (Å²) in [5.41, 5.74) is 4.17. The number of rotatable bonds is 16. The maximum absolute atomic E-state index is 14.1. The minimum absolute atomic E-state index is 0.161. The number of alkyl carbamates (subject to hydrolysis) is 2. The van der Waals surface area contributed by atoms with Crippen LogP contribution in [0.15, 0.2) is 115 Å². The van der Waals surface area contributed by atoms with Crippen LogP contribution in [0.3, 0.4) is 0 Å². The molecule has 1 saturated heterocycles. The zero-order chi connectivity index (χ0) is 46.6. The van der Waals surface area contributed by atoms with Crippen molar-refractivity contribution in [1.82, 2.24) is 36.1 Å². The van der Waals surface area contributed by atoms with Gasteiger partial charge in [-0.2, -0.15) is 0 Å². The summed E-state index contributed by atoms with van der Waals surface area (Å²) in [6.45, 7) is 12.1. The summed E-state index contributed by atoms with van der Waals surface area (Å²) < 4.78 is 10.9. The van der Waals surface area contributed by atoms with Crippen molar-refractivity contribution in [2.75, 3.05) is 19.6 Å². The lowest BCUT2D eigenvalue weighted by Gasteiger charge is -2.29. The van der Waals surface area contributed by atoms with Gasteiger partial charge in [0.2, 0.25) is 5.91 Å². The second-order valence-corrected chi connectivity index (χ2v) is 18.1. The third kappa shape index (κ3) is 13.8. The van der Waals surface area contributed by atoms with Gasteiger partial charge in [-0.25, -0.2) is 14.6 Å². The van der Waals surface area contributed by atoms with Crippen LogP contribution in [-0.4, -0.2) is 75.6 Å². The van der Waals surface area contributed by atoms with Gasteiger partial charge >= 0.3 is 12.2 Å². The number of hydrogen-bond donors (Lipinski definition) is 5. The van der Waals surface area contributed by atoms with Crippen LogP contribution >= 0.6 is 0 Å². The molecule has 0 aliphatic carbocycles. The number of H-pyrrole nitrogens is 1. The average molecular weight is 884 g/mol. The van der Waals surface area contributed by atoms with E-state index in [0.717, 1.165) is 48.1 Å². The molecule has 1 aliphatic rings. The lowest BCUT2D eigenvalue weighted by atomic mass is 10.0. The van der Waals surface area contributed by atoms with E-state index in [0.29, 0.717) is 48.6 Å². The SMILES string of the molecule is CC(C)(C)OC(=O)N[C@@H](C(=O)NCCCCCNC(=O)c1ccc(-c2ccc(-c3cnc([C@@H]4CCCN4C(=O)[C@H](NC(=O)OC(C)(C)C)c4ccccc4)[nH]3)cc2)cc1)c1ccccc1. The van der Waals surface area contributed by atoms with Crippen molar-refractivity contribution in [3.63, 3.8) is 0 Å². The number of carbonyl (C=O) groups excluding carboxylic acids is 5. The van der Waals surface area contributed by atoms with E-state index >= 15 is 0 Å². The molecule has 5 amide bonds. The topological polar surface area (TPSA) is 184 Å². The monoisotopic (exact) mass is 883 g/mol. The number of aromatic amines is 1. The van der Waals surface area contributed by atoms with Crippen molar-refractivity contribution in [1.29, 1.82) is 0 Å². The standard InChI is InChI=1S/C51H61N7O7/c1-50(2,3)64-48(62)56-42(37-17-10-7-11-18-37)46(60)53-31-15-9-14-30-52-45(59)39-28-24-35(25-29-39)34-22-26-36(27-23-34)40-33-54-44(55-40)41-21-16-32-58(41)47(61)43(38-19-12-8-13-20-38)57-49(63)65-51(4,5)6/h7-8,10-13,17-20,22-29,33,41-43H,9,14-16,21,30-32H2,1-6H3,(H,52,59)(H,53,60)(H,54,55)(H,56,62)(H,57,63)/t41-,42+,43+/m0/s1. The van der Waals surface area contributed by atoms with Crippen LogP contribution in [0.2, 0.25) is 0 Å². The Kier molecular flexibility index (Phi) is 15.8. The molecule has 0 bridgehead atoms. The Hall–Kier alpha value is -6.96. The Morgan fingerprint density at radius 3 is 1.74 bits per heavy atom. The Labute approximate surface area is 381 Å².